The van der Waals surface area contributed by atoms with Crippen molar-refractivity contribution in [2.45, 2.75) is 25.3 Å². The molecule has 0 N–H and O–H groups in total. The first-order valence-corrected chi connectivity index (χ1v) is 7.98. The highest BCUT2D eigenvalue weighted by Crippen LogP contribution is 2.33. The standard InChI is InChI=1S/C17H21N3O3/c1-18-12-16(22)20(17(18)23)10-5-8-15(21)19-11-9-14(19)13-6-3-2-4-7-13/h2-4,6-7,14H,5,8-12H2,1H3/t14-/m0/s1. The zero-order valence-electron chi connectivity index (χ0n) is 13.3. The van der Waals surface area contributed by atoms with Gasteiger partial charge in [0.05, 0.1) is 6.04 Å². The Morgan fingerprint density at radius 2 is 1.96 bits per heavy atom. The SMILES string of the molecule is CN1CC(=O)N(CCCC(=O)N2CC[C@H]2c2ccccc2)C1=O. The van der Waals surface area contributed by atoms with E-state index in [1.165, 1.54) is 15.4 Å². The van der Waals surface area contributed by atoms with Gasteiger partial charge in [-0.2, -0.15) is 0 Å². The molecule has 0 radical (unpaired) electrons. The molecule has 1 aromatic rings. The Morgan fingerprint density at radius 1 is 1.22 bits per heavy atom. The molecule has 2 fully saturated rings. The molecule has 0 spiro atoms. The molecule has 2 aliphatic rings. The first-order valence-electron chi connectivity index (χ1n) is 7.98. The lowest BCUT2D eigenvalue weighted by molar-refractivity contribution is -0.139. The van der Waals surface area contributed by atoms with Crippen LogP contribution in [0.4, 0.5) is 4.79 Å². The summed E-state index contributed by atoms with van der Waals surface area (Å²) in [6, 6.07) is 9.92. The molecule has 23 heavy (non-hydrogen) atoms. The summed E-state index contributed by atoms with van der Waals surface area (Å²) >= 11 is 0. The van der Waals surface area contributed by atoms with E-state index in [1.54, 1.807) is 7.05 Å². The third-order valence-electron chi connectivity index (χ3n) is 4.53. The summed E-state index contributed by atoms with van der Waals surface area (Å²) in [7, 11) is 1.61. The second-order valence-corrected chi connectivity index (χ2v) is 6.09. The van der Waals surface area contributed by atoms with Crippen LogP contribution in [-0.4, -0.2) is 59.2 Å². The van der Waals surface area contributed by atoms with Gasteiger partial charge >= 0.3 is 6.03 Å². The highest BCUT2D eigenvalue weighted by atomic mass is 16.2. The van der Waals surface area contributed by atoms with Crippen molar-refractivity contribution in [2.24, 2.45) is 0 Å². The average Bonchev–Trinajstić information content (AvgIpc) is 2.73. The van der Waals surface area contributed by atoms with Crippen molar-refractivity contribution in [2.75, 3.05) is 26.7 Å². The maximum atomic E-state index is 12.3. The first kappa shape index (κ1) is 15.5. The van der Waals surface area contributed by atoms with Crippen LogP contribution in [0.5, 0.6) is 0 Å². The number of hydrogen-bond acceptors (Lipinski definition) is 3. The molecule has 1 aromatic carbocycles. The molecular weight excluding hydrogens is 294 g/mol. The number of hydrogen-bond donors (Lipinski definition) is 0. The van der Waals surface area contributed by atoms with Gasteiger partial charge in [0.1, 0.15) is 6.54 Å². The van der Waals surface area contributed by atoms with Gasteiger partial charge in [-0.15, -0.1) is 0 Å². The van der Waals surface area contributed by atoms with E-state index in [9.17, 15) is 14.4 Å². The third kappa shape index (κ3) is 3.06. The normalized spacial score (nSPS) is 20.9. The van der Waals surface area contributed by atoms with E-state index in [0.29, 0.717) is 19.4 Å². The lowest BCUT2D eigenvalue weighted by atomic mass is 9.94. The summed E-state index contributed by atoms with van der Waals surface area (Å²) in [5.74, 6) is -0.0892. The number of imide groups is 1. The highest BCUT2D eigenvalue weighted by Gasteiger charge is 2.35. The van der Waals surface area contributed by atoms with Crippen LogP contribution in [0.2, 0.25) is 0 Å². The smallest absolute Gasteiger partial charge is 0.326 e. The Morgan fingerprint density at radius 3 is 2.52 bits per heavy atom. The van der Waals surface area contributed by atoms with E-state index >= 15 is 0 Å². The van der Waals surface area contributed by atoms with E-state index in [4.69, 9.17) is 0 Å². The van der Waals surface area contributed by atoms with Crippen molar-refractivity contribution in [1.82, 2.24) is 14.7 Å². The van der Waals surface area contributed by atoms with Crippen LogP contribution in [0.25, 0.3) is 0 Å². The first-order chi connectivity index (χ1) is 11.1. The largest absolute Gasteiger partial charge is 0.336 e. The van der Waals surface area contributed by atoms with Gasteiger partial charge in [0, 0.05) is 26.6 Å². The van der Waals surface area contributed by atoms with Crippen LogP contribution in [0, 0.1) is 0 Å². The summed E-state index contributed by atoms with van der Waals surface area (Å²) < 4.78 is 0. The number of likely N-dealkylation sites (N-methyl/N-ethyl adjacent to an activating group) is 1. The van der Waals surface area contributed by atoms with E-state index in [-0.39, 0.29) is 30.4 Å². The molecule has 3 rings (SSSR count). The van der Waals surface area contributed by atoms with Gasteiger partial charge in [0.2, 0.25) is 11.8 Å². The van der Waals surface area contributed by atoms with Gasteiger partial charge in [-0.3, -0.25) is 14.5 Å². The van der Waals surface area contributed by atoms with Crippen LogP contribution in [-0.2, 0) is 9.59 Å². The minimum absolute atomic E-state index is 0.0950. The van der Waals surface area contributed by atoms with Crippen LogP contribution in [0.3, 0.4) is 0 Å². The second kappa shape index (κ2) is 6.40. The molecule has 2 heterocycles. The molecule has 0 aromatic heterocycles. The molecule has 6 nitrogen and oxygen atoms in total. The number of carbonyl (C=O) groups is 3. The molecule has 0 bridgehead atoms. The van der Waals surface area contributed by atoms with Gasteiger partial charge < -0.3 is 9.80 Å². The number of amides is 4. The minimum Gasteiger partial charge on any atom is -0.336 e. The van der Waals surface area contributed by atoms with Gasteiger partial charge in [-0.25, -0.2) is 4.79 Å². The Bertz CT molecular complexity index is 617. The molecule has 0 unspecified atom stereocenters. The summed E-state index contributed by atoms with van der Waals surface area (Å²) in [5.41, 5.74) is 1.17. The van der Waals surface area contributed by atoms with E-state index in [2.05, 4.69) is 0 Å². The molecule has 0 aliphatic carbocycles. The average molecular weight is 315 g/mol. The van der Waals surface area contributed by atoms with Crippen molar-refractivity contribution in [1.29, 1.82) is 0 Å². The second-order valence-electron chi connectivity index (χ2n) is 6.09. The topological polar surface area (TPSA) is 60.9 Å². The number of rotatable bonds is 5. The van der Waals surface area contributed by atoms with Crippen molar-refractivity contribution >= 4 is 17.8 Å². The van der Waals surface area contributed by atoms with Crippen molar-refractivity contribution in [3.8, 4) is 0 Å². The fraction of sp³-hybridized carbons (Fsp3) is 0.471. The van der Waals surface area contributed by atoms with Crippen molar-refractivity contribution < 1.29 is 14.4 Å². The monoisotopic (exact) mass is 315 g/mol. The highest BCUT2D eigenvalue weighted by molar-refractivity contribution is 6.01. The fourth-order valence-corrected chi connectivity index (χ4v) is 3.13. The van der Waals surface area contributed by atoms with E-state index < -0.39 is 0 Å². The van der Waals surface area contributed by atoms with Crippen molar-refractivity contribution in [3.05, 3.63) is 35.9 Å². The van der Waals surface area contributed by atoms with Crippen LogP contribution < -0.4 is 0 Å². The quantitative estimate of drug-likeness (QED) is 0.776. The summed E-state index contributed by atoms with van der Waals surface area (Å²) in [6.45, 7) is 1.23. The Labute approximate surface area is 135 Å². The van der Waals surface area contributed by atoms with E-state index in [1.807, 2.05) is 35.2 Å². The molecule has 4 amide bonds. The number of carbonyl (C=O) groups excluding carboxylic acids is 3. The predicted octanol–water partition coefficient (Wildman–Crippen LogP) is 1.63. The fourth-order valence-electron chi connectivity index (χ4n) is 3.13. The molecule has 2 aliphatic heterocycles. The predicted molar refractivity (Wildman–Crippen MR) is 84.5 cm³/mol. The lowest BCUT2D eigenvalue weighted by Crippen LogP contribution is -2.45. The Balaban J connectivity index is 1.49. The molecule has 1 atom stereocenters. The molecule has 2 saturated heterocycles. The third-order valence-corrected chi connectivity index (χ3v) is 4.53. The Kier molecular flexibility index (Phi) is 4.32. The zero-order valence-corrected chi connectivity index (χ0v) is 13.3. The number of urea groups is 1. The van der Waals surface area contributed by atoms with Crippen molar-refractivity contribution in [3.63, 3.8) is 0 Å². The molecule has 6 heteroatoms. The number of nitrogens with zero attached hydrogens (tertiary/aromatic N) is 3. The summed E-state index contributed by atoms with van der Waals surface area (Å²) in [4.78, 5) is 40.3. The van der Waals surface area contributed by atoms with E-state index in [0.717, 1.165) is 13.0 Å². The van der Waals surface area contributed by atoms with Crippen LogP contribution in [0.1, 0.15) is 30.9 Å². The molecular formula is C17H21N3O3. The van der Waals surface area contributed by atoms with Gasteiger partial charge in [-0.1, -0.05) is 30.3 Å². The van der Waals surface area contributed by atoms with Crippen LogP contribution >= 0.6 is 0 Å². The number of likely N-dealkylation sites (tertiary alicyclic amines) is 1. The molecule has 0 saturated carbocycles. The van der Waals surface area contributed by atoms with Gasteiger partial charge in [0.15, 0.2) is 0 Å². The lowest BCUT2D eigenvalue weighted by Gasteiger charge is -2.41. The summed E-state index contributed by atoms with van der Waals surface area (Å²) in [5, 5.41) is 0. The van der Waals surface area contributed by atoms with Crippen LogP contribution in [0.15, 0.2) is 30.3 Å². The summed E-state index contributed by atoms with van der Waals surface area (Å²) in [6.07, 6.45) is 1.87. The maximum Gasteiger partial charge on any atom is 0.326 e. The van der Waals surface area contributed by atoms with Gasteiger partial charge in [0.25, 0.3) is 0 Å². The zero-order chi connectivity index (χ0) is 16.4. The molecule has 122 valence electrons. The minimum atomic E-state index is -0.270. The maximum absolute atomic E-state index is 12.3. The number of benzene rings is 1. The van der Waals surface area contributed by atoms with Gasteiger partial charge in [-0.05, 0) is 18.4 Å². The Hall–Kier alpha value is -2.37.